The van der Waals surface area contributed by atoms with Gasteiger partial charge in [-0.3, -0.25) is 4.79 Å². The molecule has 0 unspecified atom stereocenters. The van der Waals surface area contributed by atoms with E-state index in [1.807, 2.05) is 67.1 Å². The lowest BCUT2D eigenvalue weighted by molar-refractivity contribution is -0.125. The number of fused-ring (bicyclic) bond motifs is 1. The molecule has 0 bridgehead atoms. The highest BCUT2D eigenvalue weighted by Gasteiger charge is 2.16. The van der Waals surface area contributed by atoms with Gasteiger partial charge in [-0.15, -0.1) is 0 Å². The van der Waals surface area contributed by atoms with Gasteiger partial charge in [-0.25, -0.2) is 4.68 Å². The molecule has 2 heterocycles. The molecule has 0 fully saturated rings. The second kappa shape index (κ2) is 7.83. The number of amides is 1. The maximum Gasteiger partial charge on any atom is 0.246 e. The number of hydrogen-bond donors (Lipinski definition) is 0. The van der Waals surface area contributed by atoms with Crippen molar-refractivity contribution in [3.8, 4) is 17.2 Å². The quantitative estimate of drug-likeness (QED) is 0.621. The highest BCUT2D eigenvalue weighted by Crippen LogP contribution is 2.32. The fraction of sp³-hybridized carbons (Fsp3) is 0.217. The van der Waals surface area contributed by atoms with Crippen molar-refractivity contribution in [2.45, 2.75) is 20.4 Å². The SMILES string of the molecule is Cc1nn(-c2ccccc2)c(C)c1CN(C)C(=O)/C=C/c1ccc2c(c1)OCO2. The fourth-order valence-electron chi connectivity index (χ4n) is 3.35. The second-order valence-electron chi connectivity index (χ2n) is 7.04. The van der Waals surface area contributed by atoms with Gasteiger partial charge < -0.3 is 14.4 Å². The van der Waals surface area contributed by atoms with Gasteiger partial charge in [-0.05, 0) is 49.8 Å². The molecule has 1 aliphatic heterocycles. The third kappa shape index (κ3) is 3.87. The third-order valence-corrected chi connectivity index (χ3v) is 5.03. The van der Waals surface area contributed by atoms with Crippen LogP contribution in [-0.2, 0) is 11.3 Å². The third-order valence-electron chi connectivity index (χ3n) is 5.03. The number of ether oxygens (including phenoxy) is 2. The monoisotopic (exact) mass is 389 g/mol. The summed E-state index contributed by atoms with van der Waals surface area (Å²) in [4.78, 5) is 14.3. The van der Waals surface area contributed by atoms with Crippen LogP contribution in [0.5, 0.6) is 11.5 Å². The summed E-state index contributed by atoms with van der Waals surface area (Å²) in [6.45, 7) is 4.74. The van der Waals surface area contributed by atoms with Crippen LogP contribution in [0, 0.1) is 13.8 Å². The Balaban J connectivity index is 1.47. The number of para-hydroxylation sites is 1. The van der Waals surface area contributed by atoms with E-state index in [-0.39, 0.29) is 12.7 Å². The normalized spacial score (nSPS) is 12.5. The molecule has 0 saturated heterocycles. The highest BCUT2D eigenvalue weighted by molar-refractivity contribution is 5.91. The molecule has 1 aromatic heterocycles. The Kier molecular flexibility index (Phi) is 5.08. The first-order chi connectivity index (χ1) is 14.0. The van der Waals surface area contributed by atoms with Crippen LogP contribution in [-0.4, -0.2) is 34.4 Å². The lowest BCUT2D eigenvalue weighted by Crippen LogP contribution is -2.24. The molecule has 29 heavy (non-hydrogen) atoms. The minimum absolute atomic E-state index is 0.0751. The summed E-state index contributed by atoms with van der Waals surface area (Å²) in [7, 11) is 1.80. The van der Waals surface area contributed by atoms with E-state index in [9.17, 15) is 4.79 Å². The molecular weight excluding hydrogens is 366 g/mol. The predicted octanol–water partition coefficient (Wildman–Crippen LogP) is 3.89. The molecule has 6 nitrogen and oxygen atoms in total. The summed E-state index contributed by atoms with van der Waals surface area (Å²) < 4.78 is 12.6. The van der Waals surface area contributed by atoms with E-state index in [0.717, 1.165) is 34.0 Å². The maximum atomic E-state index is 12.6. The lowest BCUT2D eigenvalue weighted by atomic mass is 10.1. The Morgan fingerprint density at radius 3 is 2.69 bits per heavy atom. The van der Waals surface area contributed by atoms with Gasteiger partial charge in [-0.1, -0.05) is 24.3 Å². The van der Waals surface area contributed by atoms with E-state index < -0.39 is 0 Å². The molecule has 3 aromatic rings. The van der Waals surface area contributed by atoms with Gasteiger partial charge in [0.25, 0.3) is 0 Å². The first-order valence-electron chi connectivity index (χ1n) is 9.46. The van der Waals surface area contributed by atoms with Crippen LogP contribution in [0.3, 0.4) is 0 Å². The molecule has 1 aliphatic rings. The maximum absolute atomic E-state index is 12.6. The number of hydrogen-bond acceptors (Lipinski definition) is 4. The van der Waals surface area contributed by atoms with Crippen molar-refractivity contribution in [1.29, 1.82) is 0 Å². The van der Waals surface area contributed by atoms with E-state index in [1.54, 1.807) is 24.1 Å². The van der Waals surface area contributed by atoms with E-state index >= 15 is 0 Å². The predicted molar refractivity (Wildman–Crippen MR) is 111 cm³/mol. The van der Waals surface area contributed by atoms with Gasteiger partial charge in [0, 0.05) is 30.9 Å². The molecule has 0 atom stereocenters. The van der Waals surface area contributed by atoms with Gasteiger partial charge >= 0.3 is 0 Å². The van der Waals surface area contributed by atoms with Gasteiger partial charge in [-0.2, -0.15) is 5.10 Å². The summed E-state index contributed by atoms with van der Waals surface area (Å²) >= 11 is 0. The number of likely N-dealkylation sites (N-methyl/N-ethyl adjacent to an activating group) is 1. The zero-order chi connectivity index (χ0) is 20.4. The summed E-state index contributed by atoms with van der Waals surface area (Å²) in [5, 5.41) is 4.65. The summed E-state index contributed by atoms with van der Waals surface area (Å²) in [6, 6.07) is 15.6. The number of aromatic nitrogens is 2. The number of benzene rings is 2. The minimum Gasteiger partial charge on any atom is -0.454 e. The average molecular weight is 389 g/mol. The number of carbonyl (C=O) groups excluding carboxylic acids is 1. The zero-order valence-electron chi connectivity index (χ0n) is 16.8. The number of carbonyl (C=O) groups is 1. The van der Waals surface area contributed by atoms with Gasteiger partial charge in [0.1, 0.15) is 0 Å². The fourth-order valence-corrected chi connectivity index (χ4v) is 3.35. The summed E-state index contributed by atoms with van der Waals surface area (Å²) in [5.41, 5.74) is 4.91. The van der Waals surface area contributed by atoms with Gasteiger partial charge in [0.15, 0.2) is 11.5 Å². The van der Waals surface area contributed by atoms with Crippen molar-refractivity contribution in [3.63, 3.8) is 0 Å². The minimum atomic E-state index is -0.0751. The number of aryl methyl sites for hydroxylation is 1. The van der Waals surface area contributed by atoms with Crippen molar-refractivity contribution in [2.24, 2.45) is 0 Å². The van der Waals surface area contributed by atoms with Crippen LogP contribution in [0.2, 0.25) is 0 Å². The Hall–Kier alpha value is -3.54. The van der Waals surface area contributed by atoms with Gasteiger partial charge in [0.05, 0.1) is 11.4 Å². The van der Waals surface area contributed by atoms with Crippen LogP contribution >= 0.6 is 0 Å². The molecule has 4 rings (SSSR count). The van der Waals surface area contributed by atoms with Crippen LogP contribution in [0.15, 0.2) is 54.6 Å². The van der Waals surface area contributed by atoms with Crippen LogP contribution < -0.4 is 9.47 Å². The molecule has 0 saturated carbocycles. The van der Waals surface area contributed by atoms with E-state index in [1.165, 1.54) is 0 Å². The summed E-state index contributed by atoms with van der Waals surface area (Å²) in [6.07, 6.45) is 3.36. The lowest BCUT2D eigenvalue weighted by Gasteiger charge is -2.15. The molecule has 0 aliphatic carbocycles. The molecule has 6 heteroatoms. The van der Waals surface area contributed by atoms with Crippen molar-refractivity contribution >= 4 is 12.0 Å². The highest BCUT2D eigenvalue weighted by atomic mass is 16.7. The van der Waals surface area contributed by atoms with Crippen LogP contribution in [0.25, 0.3) is 11.8 Å². The second-order valence-corrected chi connectivity index (χ2v) is 7.04. The van der Waals surface area contributed by atoms with Crippen molar-refractivity contribution in [1.82, 2.24) is 14.7 Å². The molecular formula is C23H23N3O3. The first kappa shape index (κ1) is 18.8. The molecule has 1 amide bonds. The van der Waals surface area contributed by atoms with E-state index in [0.29, 0.717) is 12.3 Å². The van der Waals surface area contributed by atoms with Gasteiger partial charge in [0.2, 0.25) is 12.7 Å². The van der Waals surface area contributed by atoms with Crippen molar-refractivity contribution < 1.29 is 14.3 Å². The smallest absolute Gasteiger partial charge is 0.246 e. The standard InChI is InChI=1S/C23H23N3O3/c1-16-20(17(2)26(24-16)19-7-5-4-6-8-19)14-25(3)23(27)12-10-18-9-11-21-22(13-18)29-15-28-21/h4-13H,14-15H2,1-3H3/b12-10+. The molecule has 0 radical (unpaired) electrons. The van der Waals surface area contributed by atoms with E-state index in [2.05, 4.69) is 5.10 Å². The Bertz CT molecular complexity index is 1070. The zero-order valence-corrected chi connectivity index (χ0v) is 16.8. The average Bonchev–Trinajstić information content (AvgIpc) is 3.31. The van der Waals surface area contributed by atoms with Crippen molar-refractivity contribution in [3.05, 3.63) is 77.1 Å². The van der Waals surface area contributed by atoms with Crippen LogP contribution in [0.1, 0.15) is 22.5 Å². The first-order valence-corrected chi connectivity index (χ1v) is 9.46. The number of rotatable bonds is 5. The topological polar surface area (TPSA) is 56.6 Å². The molecule has 148 valence electrons. The molecule has 0 N–H and O–H groups in total. The Morgan fingerprint density at radius 1 is 1.14 bits per heavy atom. The van der Waals surface area contributed by atoms with E-state index in [4.69, 9.17) is 9.47 Å². The number of nitrogens with zero attached hydrogens (tertiary/aromatic N) is 3. The molecule has 0 spiro atoms. The Labute approximate surface area is 170 Å². The van der Waals surface area contributed by atoms with Crippen molar-refractivity contribution in [2.75, 3.05) is 13.8 Å². The van der Waals surface area contributed by atoms with Crippen LogP contribution in [0.4, 0.5) is 0 Å². The Morgan fingerprint density at radius 2 is 1.90 bits per heavy atom. The molecule has 2 aromatic carbocycles. The summed E-state index contributed by atoms with van der Waals surface area (Å²) in [5.74, 6) is 1.36. The largest absolute Gasteiger partial charge is 0.454 e.